The topological polar surface area (TPSA) is 109 Å². The first-order valence-corrected chi connectivity index (χ1v) is 8.56. The zero-order chi connectivity index (χ0) is 20.0. The number of esters is 2. The Hall–Kier alpha value is -3.11. The summed E-state index contributed by atoms with van der Waals surface area (Å²) in [5, 5.41) is 22.2. The Labute approximate surface area is 157 Å². The molecule has 0 spiro atoms. The summed E-state index contributed by atoms with van der Waals surface area (Å²) < 4.78 is 10.2. The molecule has 1 aliphatic heterocycles. The van der Waals surface area contributed by atoms with E-state index in [-0.39, 0.29) is 23.5 Å². The van der Waals surface area contributed by atoms with Crippen molar-refractivity contribution < 1.29 is 24.2 Å². The lowest BCUT2D eigenvalue weighted by atomic mass is 9.78. The molecule has 0 amide bonds. The first-order valence-electron chi connectivity index (χ1n) is 8.56. The van der Waals surface area contributed by atoms with E-state index in [0.717, 1.165) is 0 Å². The Morgan fingerprint density at radius 3 is 2.56 bits per heavy atom. The van der Waals surface area contributed by atoms with Crippen molar-refractivity contribution in [1.82, 2.24) is 5.32 Å². The second-order valence-corrected chi connectivity index (χ2v) is 5.97. The van der Waals surface area contributed by atoms with Crippen LogP contribution in [0, 0.1) is 11.3 Å². The maximum Gasteiger partial charge on any atom is 0.336 e. The van der Waals surface area contributed by atoms with Crippen LogP contribution in [0.15, 0.2) is 46.8 Å². The summed E-state index contributed by atoms with van der Waals surface area (Å²) in [6.45, 7) is 3.31. The van der Waals surface area contributed by atoms with Crippen molar-refractivity contribution in [2.75, 3.05) is 20.3 Å². The van der Waals surface area contributed by atoms with Crippen LogP contribution in [0.25, 0.3) is 0 Å². The van der Waals surface area contributed by atoms with Gasteiger partial charge in [0.05, 0.1) is 54.7 Å². The van der Waals surface area contributed by atoms with E-state index in [9.17, 15) is 20.0 Å². The summed E-state index contributed by atoms with van der Waals surface area (Å²) >= 11 is 0. The second kappa shape index (κ2) is 9.01. The van der Waals surface area contributed by atoms with Crippen LogP contribution in [-0.4, -0.2) is 37.4 Å². The highest BCUT2D eigenvalue weighted by molar-refractivity contribution is 6.00. The smallest absolute Gasteiger partial charge is 0.336 e. The molecule has 0 bridgehead atoms. The summed E-state index contributed by atoms with van der Waals surface area (Å²) in [5.41, 5.74) is 1.75. The van der Waals surface area contributed by atoms with Gasteiger partial charge in [-0.2, -0.15) is 5.26 Å². The summed E-state index contributed by atoms with van der Waals surface area (Å²) in [4.78, 5) is 25.3. The fourth-order valence-electron chi connectivity index (χ4n) is 3.08. The third kappa shape index (κ3) is 4.01. The molecule has 0 radical (unpaired) electrons. The fraction of sp³-hybridized carbons (Fsp3) is 0.350. The molecular formula is C20H22N2O5. The van der Waals surface area contributed by atoms with Crippen LogP contribution < -0.4 is 5.32 Å². The third-order valence-corrected chi connectivity index (χ3v) is 4.26. The monoisotopic (exact) mass is 370 g/mol. The van der Waals surface area contributed by atoms with E-state index in [0.29, 0.717) is 23.2 Å². The van der Waals surface area contributed by atoms with Crippen molar-refractivity contribution >= 4 is 11.9 Å². The highest BCUT2D eigenvalue weighted by Gasteiger charge is 2.39. The van der Waals surface area contributed by atoms with Gasteiger partial charge < -0.3 is 19.9 Å². The van der Waals surface area contributed by atoms with Gasteiger partial charge in [0.15, 0.2) is 0 Å². The van der Waals surface area contributed by atoms with Gasteiger partial charge in [0.1, 0.15) is 0 Å². The zero-order valence-electron chi connectivity index (χ0n) is 15.5. The summed E-state index contributed by atoms with van der Waals surface area (Å²) in [5.74, 6) is -2.17. The molecule has 1 aromatic rings. The molecule has 7 heteroatoms. The molecule has 2 N–H and O–H groups in total. The summed E-state index contributed by atoms with van der Waals surface area (Å²) in [7, 11) is 1.22. The van der Waals surface area contributed by atoms with E-state index in [1.165, 1.54) is 7.11 Å². The van der Waals surface area contributed by atoms with Gasteiger partial charge in [-0.25, -0.2) is 9.59 Å². The number of carbonyl (C=O) groups is 2. The summed E-state index contributed by atoms with van der Waals surface area (Å²) in [6, 6.07) is 8.78. The van der Waals surface area contributed by atoms with E-state index < -0.39 is 24.5 Å². The minimum absolute atomic E-state index is 0.0803. The third-order valence-electron chi connectivity index (χ3n) is 4.26. The lowest BCUT2D eigenvalue weighted by Crippen LogP contribution is -2.34. The molecule has 0 fully saturated rings. The molecule has 0 aromatic heterocycles. The number of hydrogen-bond acceptors (Lipinski definition) is 7. The molecule has 27 heavy (non-hydrogen) atoms. The van der Waals surface area contributed by atoms with Gasteiger partial charge in [0.2, 0.25) is 0 Å². The number of carbonyl (C=O) groups excluding carboxylic acids is 2. The predicted octanol–water partition coefficient (Wildman–Crippen LogP) is 1.89. The summed E-state index contributed by atoms with van der Waals surface area (Å²) in [6.07, 6.45) is 0.645. The number of aliphatic hydroxyl groups is 1. The fourth-order valence-corrected chi connectivity index (χ4v) is 3.08. The van der Waals surface area contributed by atoms with Crippen LogP contribution in [0.5, 0.6) is 0 Å². The largest absolute Gasteiger partial charge is 0.466 e. The first kappa shape index (κ1) is 20.2. The van der Waals surface area contributed by atoms with Crippen LogP contribution in [0.2, 0.25) is 0 Å². The zero-order valence-corrected chi connectivity index (χ0v) is 15.5. The Morgan fingerprint density at radius 1 is 1.26 bits per heavy atom. The minimum Gasteiger partial charge on any atom is -0.466 e. The Balaban J connectivity index is 2.73. The number of methoxy groups -OCH3 is 1. The number of dihydropyridines is 1. The van der Waals surface area contributed by atoms with Crippen molar-refractivity contribution in [3.05, 3.63) is 57.9 Å². The average Bonchev–Trinajstić information content (AvgIpc) is 2.70. The number of benzene rings is 1. The number of rotatable bonds is 6. The highest BCUT2D eigenvalue weighted by Crippen LogP contribution is 2.40. The molecule has 7 nitrogen and oxygen atoms in total. The number of aliphatic hydroxyl groups excluding tert-OH is 1. The molecular weight excluding hydrogens is 348 g/mol. The van der Waals surface area contributed by atoms with Gasteiger partial charge >= 0.3 is 11.9 Å². The highest BCUT2D eigenvalue weighted by atomic mass is 16.5. The lowest BCUT2D eigenvalue weighted by Gasteiger charge is -2.31. The molecule has 142 valence electrons. The molecule has 1 aromatic carbocycles. The van der Waals surface area contributed by atoms with E-state index in [1.807, 2.05) is 6.92 Å². The van der Waals surface area contributed by atoms with Crippen LogP contribution in [0.4, 0.5) is 0 Å². The lowest BCUT2D eigenvalue weighted by molar-refractivity contribution is -0.139. The average molecular weight is 370 g/mol. The molecule has 1 aliphatic rings. The maximum absolute atomic E-state index is 12.8. The molecule has 1 atom stereocenters. The van der Waals surface area contributed by atoms with Crippen molar-refractivity contribution in [3.63, 3.8) is 0 Å². The van der Waals surface area contributed by atoms with Gasteiger partial charge in [-0.15, -0.1) is 0 Å². The first-order chi connectivity index (χ1) is 13.0. The van der Waals surface area contributed by atoms with Gasteiger partial charge in [0.25, 0.3) is 0 Å². The van der Waals surface area contributed by atoms with E-state index in [1.54, 1.807) is 31.2 Å². The maximum atomic E-state index is 12.8. The van der Waals surface area contributed by atoms with Gasteiger partial charge in [-0.05, 0) is 25.0 Å². The van der Waals surface area contributed by atoms with Crippen molar-refractivity contribution in [2.24, 2.45) is 0 Å². The van der Waals surface area contributed by atoms with Crippen LogP contribution in [0.3, 0.4) is 0 Å². The standard InChI is InChI=1S/C20H22N2O5/c1-4-9-27-20(25)16-12(2)22-15(11-23)18(19(24)26-3)17(16)14-8-6-5-7-13(14)10-21/h5-8,17,22-23H,4,9,11H2,1-3H3. The second-order valence-electron chi connectivity index (χ2n) is 5.97. The predicted molar refractivity (Wildman–Crippen MR) is 97.1 cm³/mol. The number of nitriles is 1. The van der Waals surface area contributed by atoms with E-state index in [2.05, 4.69) is 11.4 Å². The number of allylic oxidation sites excluding steroid dienone is 1. The van der Waals surface area contributed by atoms with Gasteiger partial charge in [-0.1, -0.05) is 25.1 Å². The number of nitrogens with one attached hydrogen (secondary N) is 1. The van der Waals surface area contributed by atoms with E-state index in [4.69, 9.17) is 9.47 Å². The molecule has 0 saturated heterocycles. The molecule has 0 aliphatic carbocycles. The van der Waals surface area contributed by atoms with Crippen molar-refractivity contribution in [1.29, 1.82) is 5.26 Å². The molecule has 1 heterocycles. The number of hydrogen-bond donors (Lipinski definition) is 2. The van der Waals surface area contributed by atoms with Gasteiger partial charge in [-0.3, -0.25) is 0 Å². The number of nitrogens with zero attached hydrogens (tertiary/aromatic N) is 1. The Morgan fingerprint density at radius 2 is 1.96 bits per heavy atom. The minimum atomic E-state index is -0.888. The van der Waals surface area contributed by atoms with Crippen molar-refractivity contribution in [2.45, 2.75) is 26.2 Å². The van der Waals surface area contributed by atoms with Crippen LogP contribution in [-0.2, 0) is 19.1 Å². The Kier molecular flexibility index (Phi) is 6.74. The molecule has 1 unspecified atom stereocenters. The normalized spacial score (nSPS) is 16.5. The SMILES string of the molecule is CCCOC(=O)C1=C(C)NC(CO)=C(C(=O)OC)C1c1ccccc1C#N. The van der Waals surface area contributed by atoms with Crippen molar-refractivity contribution in [3.8, 4) is 6.07 Å². The molecule has 2 rings (SSSR count). The number of ether oxygens (including phenoxy) is 2. The van der Waals surface area contributed by atoms with Crippen LogP contribution in [0.1, 0.15) is 37.3 Å². The quantitative estimate of drug-likeness (QED) is 0.736. The van der Waals surface area contributed by atoms with Crippen LogP contribution >= 0.6 is 0 Å². The van der Waals surface area contributed by atoms with Gasteiger partial charge in [0, 0.05) is 5.70 Å². The van der Waals surface area contributed by atoms with E-state index >= 15 is 0 Å². The Bertz CT molecular complexity index is 848. The molecule has 0 saturated carbocycles.